The van der Waals surface area contributed by atoms with Crippen LogP contribution >= 0.6 is 11.8 Å². The van der Waals surface area contributed by atoms with Crippen LogP contribution in [0, 0.1) is 13.8 Å². The molecule has 2 aromatic rings. The highest BCUT2D eigenvalue weighted by Crippen LogP contribution is 2.20. The van der Waals surface area contributed by atoms with E-state index in [1.807, 2.05) is 62.4 Å². The molecule has 120 valence electrons. The lowest BCUT2D eigenvalue weighted by atomic mass is 10.1. The van der Waals surface area contributed by atoms with Crippen molar-refractivity contribution in [2.75, 3.05) is 5.75 Å². The first-order valence-corrected chi connectivity index (χ1v) is 8.35. The predicted molar refractivity (Wildman–Crippen MR) is 93.5 cm³/mol. The summed E-state index contributed by atoms with van der Waals surface area (Å²) in [6.07, 6.45) is 0. The number of carbonyl (C=O) groups is 2. The van der Waals surface area contributed by atoms with Crippen molar-refractivity contribution in [2.45, 2.75) is 25.3 Å². The van der Waals surface area contributed by atoms with E-state index in [0.29, 0.717) is 6.54 Å². The quantitative estimate of drug-likeness (QED) is 0.827. The van der Waals surface area contributed by atoms with Crippen LogP contribution in [0.25, 0.3) is 0 Å². The number of nitrogens with one attached hydrogen (secondary N) is 2. The first-order chi connectivity index (χ1) is 11.0. The Morgan fingerprint density at radius 3 is 2.43 bits per heavy atom. The molecule has 5 heteroatoms. The van der Waals surface area contributed by atoms with Crippen molar-refractivity contribution in [3.05, 3.63) is 65.2 Å². The van der Waals surface area contributed by atoms with Gasteiger partial charge in [0, 0.05) is 11.4 Å². The molecule has 4 nitrogen and oxygen atoms in total. The number of thioether (sulfide) groups is 1. The maximum atomic E-state index is 11.8. The smallest absolute Gasteiger partial charge is 0.321 e. The van der Waals surface area contributed by atoms with Gasteiger partial charge >= 0.3 is 6.03 Å². The van der Waals surface area contributed by atoms with Gasteiger partial charge in [0.15, 0.2) is 0 Å². The van der Waals surface area contributed by atoms with Crippen molar-refractivity contribution < 1.29 is 9.59 Å². The minimum atomic E-state index is -0.473. The normalized spacial score (nSPS) is 10.2. The molecule has 0 saturated carbocycles. The van der Waals surface area contributed by atoms with Crippen molar-refractivity contribution in [3.63, 3.8) is 0 Å². The number of rotatable bonds is 5. The van der Waals surface area contributed by atoms with Gasteiger partial charge in [-0.05, 0) is 42.7 Å². The Morgan fingerprint density at radius 2 is 1.74 bits per heavy atom. The number of amides is 3. The fourth-order valence-electron chi connectivity index (χ4n) is 1.94. The highest BCUT2D eigenvalue weighted by Gasteiger charge is 2.08. The van der Waals surface area contributed by atoms with Gasteiger partial charge in [0.2, 0.25) is 5.91 Å². The number of carbonyl (C=O) groups excluding carboxylic acids is 2. The average Bonchev–Trinajstić information content (AvgIpc) is 2.55. The zero-order chi connectivity index (χ0) is 16.7. The highest BCUT2D eigenvalue weighted by atomic mass is 32.2. The molecule has 23 heavy (non-hydrogen) atoms. The largest absolute Gasteiger partial charge is 0.334 e. The van der Waals surface area contributed by atoms with Crippen molar-refractivity contribution in [3.8, 4) is 0 Å². The number of imide groups is 1. The number of aryl methyl sites for hydroxylation is 2. The van der Waals surface area contributed by atoms with Gasteiger partial charge in [-0.25, -0.2) is 4.79 Å². The molecule has 0 aromatic heterocycles. The van der Waals surface area contributed by atoms with E-state index in [2.05, 4.69) is 10.6 Å². The van der Waals surface area contributed by atoms with Crippen LogP contribution in [-0.4, -0.2) is 17.7 Å². The molecule has 2 N–H and O–H groups in total. The summed E-state index contributed by atoms with van der Waals surface area (Å²) >= 11 is 1.42. The van der Waals surface area contributed by atoms with Gasteiger partial charge in [0.1, 0.15) is 0 Å². The number of hydrogen-bond donors (Lipinski definition) is 2. The monoisotopic (exact) mass is 328 g/mol. The highest BCUT2D eigenvalue weighted by molar-refractivity contribution is 8.00. The number of urea groups is 1. The van der Waals surface area contributed by atoms with E-state index in [4.69, 9.17) is 0 Å². The maximum absolute atomic E-state index is 11.8. The van der Waals surface area contributed by atoms with Crippen LogP contribution in [0.5, 0.6) is 0 Å². The van der Waals surface area contributed by atoms with Crippen LogP contribution in [0.4, 0.5) is 4.79 Å². The third-order valence-corrected chi connectivity index (χ3v) is 4.39. The van der Waals surface area contributed by atoms with E-state index >= 15 is 0 Å². The Labute approximate surface area is 140 Å². The molecule has 0 aliphatic carbocycles. The third kappa shape index (κ3) is 5.79. The van der Waals surface area contributed by atoms with E-state index in [9.17, 15) is 9.59 Å². The maximum Gasteiger partial charge on any atom is 0.321 e. The van der Waals surface area contributed by atoms with Crippen molar-refractivity contribution in [2.24, 2.45) is 0 Å². The molecule has 0 aliphatic heterocycles. The van der Waals surface area contributed by atoms with Crippen LogP contribution in [0.3, 0.4) is 0 Å². The fraction of sp³-hybridized carbons (Fsp3) is 0.222. The fourth-order valence-corrected chi connectivity index (χ4v) is 2.73. The Morgan fingerprint density at radius 1 is 1.00 bits per heavy atom. The summed E-state index contributed by atoms with van der Waals surface area (Å²) in [5, 5.41) is 5.00. The molecular formula is C18H20N2O2S. The molecule has 0 heterocycles. The van der Waals surface area contributed by atoms with Gasteiger partial charge < -0.3 is 5.32 Å². The summed E-state index contributed by atoms with van der Waals surface area (Å²) in [4.78, 5) is 24.5. The average molecular weight is 328 g/mol. The van der Waals surface area contributed by atoms with E-state index in [1.165, 1.54) is 22.9 Å². The third-order valence-electron chi connectivity index (χ3n) is 3.40. The van der Waals surface area contributed by atoms with E-state index in [0.717, 1.165) is 10.5 Å². The number of hydrogen-bond acceptors (Lipinski definition) is 3. The zero-order valence-electron chi connectivity index (χ0n) is 13.3. The van der Waals surface area contributed by atoms with Crippen molar-refractivity contribution >= 4 is 23.7 Å². The predicted octanol–water partition coefficient (Wildman–Crippen LogP) is 3.42. The molecule has 3 amide bonds. The molecule has 0 fully saturated rings. The lowest BCUT2D eigenvalue weighted by Gasteiger charge is -2.07. The van der Waals surface area contributed by atoms with Gasteiger partial charge in [-0.3, -0.25) is 10.1 Å². The van der Waals surface area contributed by atoms with Crippen LogP contribution < -0.4 is 10.6 Å². The van der Waals surface area contributed by atoms with Crippen LogP contribution in [0.1, 0.15) is 16.7 Å². The van der Waals surface area contributed by atoms with E-state index < -0.39 is 6.03 Å². The molecule has 0 unspecified atom stereocenters. The SMILES string of the molecule is Cc1ccc(SCC(=O)NC(=O)NCc2ccccc2)cc1C. The topological polar surface area (TPSA) is 58.2 Å². The van der Waals surface area contributed by atoms with Crippen molar-refractivity contribution in [1.29, 1.82) is 0 Å². The first kappa shape index (κ1) is 17.1. The summed E-state index contributed by atoms with van der Waals surface area (Å²) in [6, 6.07) is 15.1. The Bertz CT molecular complexity index is 687. The van der Waals surface area contributed by atoms with Crippen LogP contribution in [-0.2, 0) is 11.3 Å². The zero-order valence-corrected chi connectivity index (χ0v) is 14.1. The summed E-state index contributed by atoms with van der Waals surface area (Å²) < 4.78 is 0. The second-order valence-corrected chi connectivity index (χ2v) is 6.30. The molecule has 0 radical (unpaired) electrons. The Kier molecular flexibility index (Phi) is 6.23. The van der Waals surface area contributed by atoms with Gasteiger partial charge in [0.05, 0.1) is 5.75 Å². The molecule has 0 bridgehead atoms. The van der Waals surface area contributed by atoms with Gasteiger partial charge in [-0.1, -0.05) is 36.4 Å². The second kappa shape index (κ2) is 8.39. The lowest BCUT2D eigenvalue weighted by molar-refractivity contribution is -0.117. The number of benzene rings is 2. The van der Waals surface area contributed by atoms with Crippen LogP contribution in [0.15, 0.2) is 53.4 Å². The minimum absolute atomic E-state index is 0.210. The summed E-state index contributed by atoms with van der Waals surface area (Å²) in [5.74, 6) is -0.0971. The molecule has 0 atom stereocenters. The van der Waals surface area contributed by atoms with Gasteiger partial charge in [-0.15, -0.1) is 11.8 Å². The standard InChI is InChI=1S/C18H20N2O2S/c1-13-8-9-16(10-14(13)2)23-12-17(21)20-18(22)19-11-15-6-4-3-5-7-15/h3-10H,11-12H2,1-2H3,(H2,19,20,21,22). The molecule has 0 saturated heterocycles. The van der Waals surface area contributed by atoms with Crippen molar-refractivity contribution in [1.82, 2.24) is 10.6 Å². The second-order valence-electron chi connectivity index (χ2n) is 5.25. The van der Waals surface area contributed by atoms with E-state index in [-0.39, 0.29) is 11.7 Å². The Balaban J connectivity index is 1.73. The first-order valence-electron chi connectivity index (χ1n) is 7.36. The lowest BCUT2D eigenvalue weighted by Crippen LogP contribution is -2.39. The summed E-state index contributed by atoms with van der Waals surface area (Å²) in [5.41, 5.74) is 3.40. The summed E-state index contributed by atoms with van der Waals surface area (Å²) in [7, 11) is 0. The van der Waals surface area contributed by atoms with Gasteiger partial charge in [-0.2, -0.15) is 0 Å². The molecular weight excluding hydrogens is 308 g/mol. The van der Waals surface area contributed by atoms with Crippen LogP contribution in [0.2, 0.25) is 0 Å². The molecule has 0 aliphatic rings. The minimum Gasteiger partial charge on any atom is -0.334 e. The molecule has 2 aromatic carbocycles. The summed E-state index contributed by atoms with van der Waals surface area (Å²) in [6.45, 7) is 4.48. The van der Waals surface area contributed by atoms with E-state index in [1.54, 1.807) is 0 Å². The van der Waals surface area contributed by atoms with Gasteiger partial charge in [0.25, 0.3) is 0 Å². The molecule has 2 rings (SSSR count). The molecule has 0 spiro atoms. The Hall–Kier alpha value is -2.27.